The molecule has 0 N–H and O–H groups in total. The van der Waals surface area contributed by atoms with Crippen molar-refractivity contribution in [1.82, 2.24) is 9.80 Å². The Balaban J connectivity index is 1.90. The van der Waals surface area contributed by atoms with E-state index in [9.17, 15) is 0 Å². The summed E-state index contributed by atoms with van der Waals surface area (Å²) >= 11 is 0. The minimum atomic E-state index is 0.314. The van der Waals surface area contributed by atoms with Gasteiger partial charge in [0.25, 0.3) is 0 Å². The van der Waals surface area contributed by atoms with Gasteiger partial charge in [-0.3, -0.25) is 9.80 Å². The Morgan fingerprint density at radius 3 is 2.17 bits per heavy atom. The molecule has 0 saturated carbocycles. The zero-order valence-electron chi connectivity index (χ0n) is 12.2. The number of nitrogens with zero attached hydrogens (tertiary/aromatic N) is 2. The van der Waals surface area contributed by atoms with E-state index in [1.165, 1.54) is 37.3 Å². The molecule has 1 heterocycles. The molecular formula is C16H26N2. The van der Waals surface area contributed by atoms with Gasteiger partial charge >= 0.3 is 0 Å². The molecule has 0 aliphatic carbocycles. The predicted octanol–water partition coefficient (Wildman–Crippen LogP) is 2.91. The second kappa shape index (κ2) is 5.41. The molecule has 2 rings (SSSR count). The van der Waals surface area contributed by atoms with Crippen LogP contribution in [0.1, 0.15) is 31.9 Å². The largest absolute Gasteiger partial charge is 0.297 e. The van der Waals surface area contributed by atoms with Crippen LogP contribution in [0.3, 0.4) is 0 Å². The van der Waals surface area contributed by atoms with Crippen molar-refractivity contribution in [3.05, 3.63) is 35.4 Å². The van der Waals surface area contributed by atoms with Crippen LogP contribution in [0.4, 0.5) is 0 Å². The maximum atomic E-state index is 2.58. The lowest BCUT2D eigenvalue weighted by Gasteiger charge is -2.42. The van der Waals surface area contributed by atoms with E-state index >= 15 is 0 Å². The van der Waals surface area contributed by atoms with Gasteiger partial charge < -0.3 is 0 Å². The van der Waals surface area contributed by atoms with Gasteiger partial charge in [-0.25, -0.2) is 0 Å². The first-order valence-electron chi connectivity index (χ1n) is 6.99. The van der Waals surface area contributed by atoms with E-state index in [4.69, 9.17) is 0 Å². The average Bonchev–Trinajstić information content (AvgIpc) is 2.32. The van der Waals surface area contributed by atoms with Gasteiger partial charge in [0.2, 0.25) is 0 Å². The Hall–Kier alpha value is -0.860. The molecule has 2 nitrogen and oxygen atoms in total. The highest BCUT2D eigenvalue weighted by Gasteiger charge is 2.25. The van der Waals surface area contributed by atoms with Crippen LogP contribution in [0.25, 0.3) is 0 Å². The molecule has 0 atom stereocenters. The van der Waals surface area contributed by atoms with Crippen LogP contribution >= 0.6 is 0 Å². The normalized spacial score (nSPS) is 19.1. The number of aryl methyl sites for hydroxylation is 1. The summed E-state index contributed by atoms with van der Waals surface area (Å²) in [5.41, 5.74) is 3.20. The molecule has 0 radical (unpaired) electrons. The van der Waals surface area contributed by atoms with Gasteiger partial charge in [0.15, 0.2) is 0 Å². The van der Waals surface area contributed by atoms with Crippen molar-refractivity contribution < 1.29 is 0 Å². The number of hydrogen-bond donors (Lipinski definition) is 0. The molecule has 0 bridgehead atoms. The third-order valence-corrected chi connectivity index (χ3v) is 3.98. The molecule has 0 aromatic heterocycles. The Kier molecular flexibility index (Phi) is 4.08. The molecule has 1 aromatic rings. The summed E-state index contributed by atoms with van der Waals surface area (Å²) in [5.74, 6) is 0. The van der Waals surface area contributed by atoms with Crippen LogP contribution in [0.2, 0.25) is 0 Å². The molecule has 1 fully saturated rings. The van der Waals surface area contributed by atoms with E-state index in [0.29, 0.717) is 5.54 Å². The third-order valence-electron chi connectivity index (χ3n) is 3.98. The first-order chi connectivity index (χ1) is 8.47. The minimum absolute atomic E-state index is 0.314. The molecule has 1 saturated heterocycles. The van der Waals surface area contributed by atoms with E-state index in [2.05, 4.69) is 61.8 Å². The minimum Gasteiger partial charge on any atom is -0.297 e. The van der Waals surface area contributed by atoms with Crippen LogP contribution in [0.15, 0.2) is 24.3 Å². The number of piperazine rings is 1. The molecule has 0 amide bonds. The van der Waals surface area contributed by atoms with Crippen LogP contribution in [0.5, 0.6) is 0 Å². The van der Waals surface area contributed by atoms with Crippen molar-refractivity contribution in [2.45, 2.75) is 39.8 Å². The second-order valence-electron chi connectivity index (χ2n) is 6.36. The monoisotopic (exact) mass is 246 g/mol. The third kappa shape index (κ3) is 3.33. The highest BCUT2D eigenvalue weighted by Crippen LogP contribution is 2.17. The number of hydrogen-bond acceptors (Lipinski definition) is 2. The molecular weight excluding hydrogens is 220 g/mol. The van der Waals surface area contributed by atoms with Crippen molar-refractivity contribution in [3.63, 3.8) is 0 Å². The maximum Gasteiger partial charge on any atom is 0.0237 e. The standard InChI is InChI=1S/C16H26N2/c1-14-7-5-6-8-15(14)13-17-9-11-18(12-10-17)16(2,3)4/h5-8H,9-13H2,1-4H3. The molecule has 100 valence electrons. The fourth-order valence-electron chi connectivity index (χ4n) is 2.61. The highest BCUT2D eigenvalue weighted by molar-refractivity contribution is 5.25. The predicted molar refractivity (Wildman–Crippen MR) is 77.8 cm³/mol. The van der Waals surface area contributed by atoms with E-state index in [1.54, 1.807) is 0 Å². The summed E-state index contributed by atoms with van der Waals surface area (Å²) < 4.78 is 0. The molecule has 1 aliphatic rings. The first kappa shape index (κ1) is 13.6. The van der Waals surface area contributed by atoms with E-state index in [0.717, 1.165) is 6.54 Å². The Morgan fingerprint density at radius 1 is 1.00 bits per heavy atom. The van der Waals surface area contributed by atoms with Crippen molar-refractivity contribution in [3.8, 4) is 0 Å². The highest BCUT2D eigenvalue weighted by atomic mass is 15.3. The topological polar surface area (TPSA) is 6.48 Å². The quantitative estimate of drug-likeness (QED) is 0.791. The fourth-order valence-corrected chi connectivity index (χ4v) is 2.61. The first-order valence-corrected chi connectivity index (χ1v) is 6.99. The summed E-state index contributed by atoms with van der Waals surface area (Å²) in [6, 6.07) is 8.73. The summed E-state index contributed by atoms with van der Waals surface area (Å²) in [7, 11) is 0. The lowest BCUT2D eigenvalue weighted by atomic mass is 10.0. The van der Waals surface area contributed by atoms with Crippen LogP contribution in [0, 0.1) is 6.92 Å². The van der Waals surface area contributed by atoms with Gasteiger partial charge in [-0.05, 0) is 38.8 Å². The van der Waals surface area contributed by atoms with E-state index in [1.807, 2.05) is 0 Å². The zero-order valence-corrected chi connectivity index (χ0v) is 12.2. The van der Waals surface area contributed by atoms with Gasteiger partial charge in [-0.2, -0.15) is 0 Å². The molecule has 0 spiro atoms. The van der Waals surface area contributed by atoms with Crippen molar-refractivity contribution in [2.75, 3.05) is 26.2 Å². The van der Waals surface area contributed by atoms with Crippen LogP contribution < -0.4 is 0 Å². The Bertz CT molecular complexity index is 384. The Morgan fingerprint density at radius 2 is 1.61 bits per heavy atom. The summed E-state index contributed by atoms with van der Waals surface area (Å²) in [5, 5.41) is 0. The van der Waals surface area contributed by atoms with Crippen LogP contribution in [-0.4, -0.2) is 41.5 Å². The summed E-state index contributed by atoms with van der Waals surface area (Å²) in [6.45, 7) is 15.0. The molecule has 1 aliphatic heterocycles. The molecule has 1 aromatic carbocycles. The van der Waals surface area contributed by atoms with E-state index in [-0.39, 0.29) is 0 Å². The van der Waals surface area contributed by atoms with Gasteiger partial charge in [0, 0.05) is 38.3 Å². The van der Waals surface area contributed by atoms with Gasteiger partial charge in [0.05, 0.1) is 0 Å². The van der Waals surface area contributed by atoms with E-state index < -0.39 is 0 Å². The van der Waals surface area contributed by atoms with Crippen molar-refractivity contribution >= 4 is 0 Å². The van der Waals surface area contributed by atoms with Gasteiger partial charge in [-0.1, -0.05) is 24.3 Å². The second-order valence-corrected chi connectivity index (χ2v) is 6.36. The summed E-state index contributed by atoms with van der Waals surface area (Å²) in [6.07, 6.45) is 0. The maximum absolute atomic E-state index is 2.58. The average molecular weight is 246 g/mol. The molecule has 18 heavy (non-hydrogen) atoms. The van der Waals surface area contributed by atoms with Crippen LogP contribution in [-0.2, 0) is 6.54 Å². The summed E-state index contributed by atoms with van der Waals surface area (Å²) in [4.78, 5) is 5.16. The smallest absolute Gasteiger partial charge is 0.0237 e. The van der Waals surface area contributed by atoms with Crippen molar-refractivity contribution in [2.24, 2.45) is 0 Å². The zero-order chi connectivity index (χ0) is 13.2. The molecule has 2 heteroatoms. The lowest BCUT2D eigenvalue weighted by molar-refractivity contribution is 0.0590. The molecule has 0 unspecified atom stereocenters. The Labute approximate surface area is 112 Å². The van der Waals surface area contributed by atoms with Gasteiger partial charge in [0.1, 0.15) is 0 Å². The fraction of sp³-hybridized carbons (Fsp3) is 0.625. The SMILES string of the molecule is Cc1ccccc1CN1CCN(C(C)(C)C)CC1. The van der Waals surface area contributed by atoms with Gasteiger partial charge in [-0.15, -0.1) is 0 Å². The lowest BCUT2D eigenvalue weighted by Crippen LogP contribution is -2.53. The number of rotatable bonds is 2. The van der Waals surface area contributed by atoms with Crippen molar-refractivity contribution in [1.29, 1.82) is 0 Å². The number of benzene rings is 1.